The molecule has 0 fully saturated rings. The van der Waals surface area contributed by atoms with E-state index < -0.39 is 0 Å². The summed E-state index contributed by atoms with van der Waals surface area (Å²) in [6.45, 7) is 4.81. The number of nitrogens with one attached hydrogen (secondary N) is 2. The number of anilines is 2. The largest absolute Gasteiger partial charge is 0.360 e. The highest BCUT2D eigenvalue weighted by Gasteiger charge is 2.08. The fourth-order valence-electron chi connectivity index (χ4n) is 1.54. The monoisotopic (exact) mass is 308 g/mol. The third kappa shape index (κ3) is 4.50. The smallest absolute Gasteiger partial charge is 0.234 e. The summed E-state index contributed by atoms with van der Waals surface area (Å²) >= 11 is 2.85. The Kier molecular flexibility index (Phi) is 5.37. The van der Waals surface area contributed by atoms with E-state index in [-0.39, 0.29) is 5.91 Å². The molecule has 0 atom stereocenters. The SMILES string of the molecule is CCNc1nnc(SCC(=O)Nc2cccc(C)c2)s1. The minimum Gasteiger partial charge on any atom is -0.360 e. The molecule has 1 heterocycles. The summed E-state index contributed by atoms with van der Waals surface area (Å²) in [6.07, 6.45) is 0. The molecule has 0 aliphatic rings. The molecule has 1 aromatic carbocycles. The van der Waals surface area contributed by atoms with E-state index in [9.17, 15) is 4.79 Å². The van der Waals surface area contributed by atoms with Crippen molar-refractivity contribution in [3.05, 3.63) is 29.8 Å². The lowest BCUT2D eigenvalue weighted by molar-refractivity contribution is -0.113. The summed E-state index contributed by atoms with van der Waals surface area (Å²) in [5.41, 5.74) is 1.94. The summed E-state index contributed by atoms with van der Waals surface area (Å²) < 4.78 is 0.792. The number of amides is 1. The van der Waals surface area contributed by atoms with Crippen molar-refractivity contribution in [2.45, 2.75) is 18.2 Å². The molecule has 106 valence electrons. The normalized spacial score (nSPS) is 10.3. The van der Waals surface area contributed by atoms with Crippen LogP contribution in [-0.2, 0) is 4.79 Å². The molecule has 0 radical (unpaired) electrons. The Morgan fingerprint density at radius 1 is 1.40 bits per heavy atom. The van der Waals surface area contributed by atoms with Crippen molar-refractivity contribution in [2.75, 3.05) is 22.9 Å². The lowest BCUT2D eigenvalue weighted by Gasteiger charge is -2.04. The van der Waals surface area contributed by atoms with Crippen LogP contribution in [0, 0.1) is 6.92 Å². The first-order chi connectivity index (χ1) is 9.67. The highest BCUT2D eigenvalue weighted by molar-refractivity contribution is 8.01. The van der Waals surface area contributed by atoms with Gasteiger partial charge in [0.15, 0.2) is 4.34 Å². The van der Waals surface area contributed by atoms with Crippen LogP contribution in [0.4, 0.5) is 10.8 Å². The van der Waals surface area contributed by atoms with Crippen LogP contribution in [0.25, 0.3) is 0 Å². The van der Waals surface area contributed by atoms with Gasteiger partial charge in [0.05, 0.1) is 5.75 Å². The first-order valence-corrected chi connectivity index (χ1v) is 8.04. The average molecular weight is 308 g/mol. The molecule has 0 saturated heterocycles. The summed E-state index contributed by atoms with van der Waals surface area (Å²) in [6, 6.07) is 7.74. The fourth-order valence-corrected chi connectivity index (χ4v) is 3.16. The summed E-state index contributed by atoms with van der Waals surface area (Å²) in [5, 5.41) is 14.7. The molecule has 5 nitrogen and oxygen atoms in total. The third-order valence-corrected chi connectivity index (χ3v) is 4.38. The van der Waals surface area contributed by atoms with Crippen LogP contribution >= 0.6 is 23.1 Å². The van der Waals surface area contributed by atoms with Gasteiger partial charge < -0.3 is 10.6 Å². The number of rotatable bonds is 6. The van der Waals surface area contributed by atoms with Gasteiger partial charge in [0.1, 0.15) is 0 Å². The first-order valence-electron chi connectivity index (χ1n) is 6.24. The molecule has 20 heavy (non-hydrogen) atoms. The van der Waals surface area contributed by atoms with Crippen LogP contribution in [0.3, 0.4) is 0 Å². The molecular weight excluding hydrogens is 292 g/mol. The Morgan fingerprint density at radius 3 is 3.00 bits per heavy atom. The molecule has 0 spiro atoms. The van der Waals surface area contributed by atoms with Crippen LogP contribution in [-0.4, -0.2) is 28.4 Å². The van der Waals surface area contributed by atoms with E-state index in [1.54, 1.807) is 0 Å². The average Bonchev–Trinajstić information content (AvgIpc) is 2.85. The van der Waals surface area contributed by atoms with Crippen molar-refractivity contribution in [1.29, 1.82) is 0 Å². The van der Waals surface area contributed by atoms with Crippen molar-refractivity contribution < 1.29 is 4.79 Å². The minimum absolute atomic E-state index is 0.0409. The van der Waals surface area contributed by atoms with Crippen molar-refractivity contribution >= 4 is 39.8 Å². The third-order valence-electron chi connectivity index (χ3n) is 2.36. The van der Waals surface area contributed by atoms with E-state index in [4.69, 9.17) is 0 Å². The Balaban J connectivity index is 1.82. The Morgan fingerprint density at radius 2 is 2.25 bits per heavy atom. The van der Waals surface area contributed by atoms with Crippen LogP contribution in [0.1, 0.15) is 12.5 Å². The first kappa shape index (κ1) is 14.8. The predicted molar refractivity (Wildman–Crippen MR) is 84.6 cm³/mol. The van der Waals surface area contributed by atoms with Gasteiger partial charge in [0.2, 0.25) is 11.0 Å². The van der Waals surface area contributed by atoms with E-state index in [1.165, 1.54) is 23.1 Å². The van der Waals surface area contributed by atoms with Crippen LogP contribution in [0.2, 0.25) is 0 Å². The molecule has 2 N–H and O–H groups in total. The van der Waals surface area contributed by atoms with Gasteiger partial charge >= 0.3 is 0 Å². The second-order valence-corrected chi connectivity index (χ2v) is 6.31. The minimum atomic E-state index is -0.0409. The van der Waals surface area contributed by atoms with E-state index >= 15 is 0 Å². The molecule has 2 aromatic rings. The number of carbonyl (C=O) groups excluding carboxylic acids is 1. The standard InChI is InChI=1S/C13H16N4OS2/c1-3-14-12-16-17-13(20-12)19-8-11(18)15-10-6-4-5-9(2)7-10/h4-7H,3,8H2,1-2H3,(H,14,16)(H,15,18). The van der Waals surface area contributed by atoms with Crippen LogP contribution in [0.5, 0.6) is 0 Å². The van der Waals surface area contributed by atoms with Gasteiger partial charge in [-0.1, -0.05) is 35.2 Å². The molecule has 0 unspecified atom stereocenters. The lowest BCUT2D eigenvalue weighted by atomic mass is 10.2. The predicted octanol–water partition coefficient (Wildman–Crippen LogP) is 3.01. The van der Waals surface area contributed by atoms with Gasteiger partial charge in [-0.2, -0.15) is 0 Å². The molecule has 0 aliphatic carbocycles. The van der Waals surface area contributed by atoms with Gasteiger partial charge in [-0.25, -0.2) is 0 Å². The zero-order valence-electron chi connectivity index (χ0n) is 11.3. The number of benzene rings is 1. The number of aryl methyl sites for hydroxylation is 1. The summed E-state index contributed by atoms with van der Waals surface area (Å²) in [7, 11) is 0. The topological polar surface area (TPSA) is 66.9 Å². The maximum absolute atomic E-state index is 11.8. The zero-order valence-corrected chi connectivity index (χ0v) is 13.0. The number of nitrogens with zero attached hydrogens (tertiary/aromatic N) is 2. The second-order valence-electron chi connectivity index (χ2n) is 4.11. The Labute approximate surface area is 126 Å². The molecule has 0 aliphatic heterocycles. The molecule has 7 heteroatoms. The summed E-state index contributed by atoms with van der Waals surface area (Å²) in [4.78, 5) is 11.8. The molecule has 0 saturated carbocycles. The number of aromatic nitrogens is 2. The molecular formula is C13H16N4OS2. The van der Waals surface area contributed by atoms with Crippen molar-refractivity contribution in [1.82, 2.24) is 10.2 Å². The highest BCUT2D eigenvalue weighted by Crippen LogP contribution is 2.25. The van der Waals surface area contributed by atoms with Gasteiger partial charge in [-0.15, -0.1) is 10.2 Å². The number of hydrogen-bond acceptors (Lipinski definition) is 6. The maximum atomic E-state index is 11.8. The quantitative estimate of drug-likeness (QED) is 0.803. The molecule has 2 rings (SSSR count). The van der Waals surface area contributed by atoms with Crippen LogP contribution in [0.15, 0.2) is 28.6 Å². The highest BCUT2D eigenvalue weighted by atomic mass is 32.2. The van der Waals surface area contributed by atoms with Crippen molar-refractivity contribution in [3.63, 3.8) is 0 Å². The van der Waals surface area contributed by atoms with Crippen LogP contribution < -0.4 is 10.6 Å². The number of hydrogen-bond donors (Lipinski definition) is 2. The van der Waals surface area contributed by atoms with E-state index in [0.29, 0.717) is 5.75 Å². The number of thioether (sulfide) groups is 1. The molecule has 1 aromatic heterocycles. The zero-order chi connectivity index (χ0) is 14.4. The van der Waals surface area contributed by atoms with Crippen molar-refractivity contribution in [2.24, 2.45) is 0 Å². The van der Waals surface area contributed by atoms with Gasteiger partial charge in [0, 0.05) is 12.2 Å². The Bertz CT molecular complexity index is 585. The lowest BCUT2D eigenvalue weighted by Crippen LogP contribution is -2.13. The Hall–Kier alpha value is -1.60. The van der Waals surface area contributed by atoms with Crippen molar-refractivity contribution in [3.8, 4) is 0 Å². The van der Waals surface area contributed by atoms with Gasteiger partial charge in [-0.3, -0.25) is 4.79 Å². The van der Waals surface area contributed by atoms with Gasteiger partial charge in [-0.05, 0) is 31.5 Å². The molecule has 0 bridgehead atoms. The fraction of sp³-hybridized carbons (Fsp3) is 0.308. The van der Waals surface area contributed by atoms with E-state index in [2.05, 4.69) is 20.8 Å². The molecule has 1 amide bonds. The van der Waals surface area contributed by atoms with E-state index in [1.807, 2.05) is 38.1 Å². The van der Waals surface area contributed by atoms with Gasteiger partial charge in [0.25, 0.3) is 0 Å². The number of carbonyl (C=O) groups is 1. The van der Waals surface area contributed by atoms with E-state index in [0.717, 1.165) is 27.3 Å². The summed E-state index contributed by atoms with van der Waals surface area (Å²) in [5.74, 6) is 0.287. The maximum Gasteiger partial charge on any atom is 0.234 e. The second kappa shape index (κ2) is 7.25.